The molecule has 0 radical (unpaired) electrons. The predicted molar refractivity (Wildman–Crippen MR) is 61.2 cm³/mol. The quantitative estimate of drug-likeness (QED) is 0.781. The van der Waals surface area contributed by atoms with E-state index < -0.39 is 26.6 Å². The van der Waals surface area contributed by atoms with Crippen LogP contribution in [-0.4, -0.2) is 54.0 Å². The second-order valence-corrected chi connectivity index (χ2v) is 7.55. The van der Waals surface area contributed by atoms with Gasteiger partial charge in [0.25, 0.3) is 0 Å². The monoisotopic (exact) mass is 249 g/mol. The van der Waals surface area contributed by atoms with Gasteiger partial charge in [-0.1, -0.05) is 6.92 Å². The van der Waals surface area contributed by atoms with Gasteiger partial charge < -0.3 is 5.11 Å². The summed E-state index contributed by atoms with van der Waals surface area (Å²) in [6.07, 6.45) is 0.492. The molecule has 1 aliphatic rings. The molecule has 1 N–H and O–H groups in total. The number of carbonyl (C=O) groups is 1. The summed E-state index contributed by atoms with van der Waals surface area (Å²) in [5.41, 5.74) is 0. The molecule has 0 spiro atoms. The molecule has 6 heteroatoms. The molecule has 1 unspecified atom stereocenters. The fourth-order valence-electron chi connectivity index (χ4n) is 2.04. The van der Waals surface area contributed by atoms with Gasteiger partial charge in [-0.05, 0) is 20.3 Å². The number of nitrogens with zero attached hydrogens (tertiary/aromatic N) is 1. The number of hydrogen-bond acceptors (Lipinski definition) is 4. The van der Waals surface area contributed by atoms with E-state index in [9.17, 15) is 13.2 Å². The maximum atomic E-state index is 11.8. The van der Waals surface area contributed by atoms with E-state index in [1.165, 1.54) is 0 Å². The molecule has 94 valence electrons. The predicted octanol–water partition coefficient (Wildman–Crippen LogP) is 0.359. The summed E-state index contributed by atoms with van der Waals surface area (Å²) in [6, 6.07) is -0.574. The Labute approximate surface area is 96.4 Å². The van der Waals surface area contributed by atoms with Crippen molar-refractivity contribution in [2.75, 3.05) is 18.8 Å². The Balaban J connectivity index is 2.87. The van der Waals surface area contributed by atoms with Gasteiger partial charge in [-0.25, -0.2) is 8.42 Å². The van der Waals surface area contributed by atoms with E-state index in [1.807, 2.05) is 0 Å². The lowest BCUT2D eigenvalue weighted by molar-refractivity contribution is -0.143. The molecule has 5 nitrogen and oxygen atoms in total. The molecule has 0 aromatic heterocycles. The third-order valence-electron chi connectivity index (χ3n) is 3.19. The highest BCUT2D eigenvalue weighted by molar-refractivity contribution is 7.92. The normalized spacial score (nSPS) is 26.2. The summed E-state index contributed by atoms with van der Waals surface area (Å²) in [5, 5.41) is 9.03. The van der Waals surface area contributed by atoms with Crippen molar-refractivity contribution in [3.8, 4) is 0 Å². The van der Waals surface area contributed by atoms with Crippen molar-refractivity contribution >= 4 is 15.8 Å². The van der Waals surface area contributed by atoms with Crippen molar-refractivity contribution in [1.29, 1.82) is 0 Å². The largest absolute Gasteiger partial charge is 0.480 e. The van der Waals surface area contributed by atoms with Gasteiger partial charge in [-0.3, -0.25) is 9.69 Å². The molecule has 0 saturated carbocycles. The van der Waals surface area contributed by atoms with Gasteiger partial charge in [-0.15, -0.1) is 0 Å². The Kier molecular flexibility index (Phi) is 3.64. The molecule has 1 aliphatic heterocycles. The Morgan fingerprint density at radius 3 is 2.44 bits per heavy atom. The number of hydrogen-bond donors (Lipinski definition) is 1. The zero-order chi connectivity index (χ0) is 12.6. The zero-order valence-electron chi connectivity index (χ0n) is 9.93. The second-order valence-electron chi connectivity index (χ2n) is 4.81. The molecular formula is C10H19NO4S. The molecule has 0 aliphatic carbocycles. The van der Waals surface area contributed by atoms with Crippen molar-refractivity contribution < 1.29 is 18.3 Å². The first-order valence-electron chi connectivity index (χ1n) is 5.40. The average Bonchev–Trinajstić information content (AvgIpc) is 2.12. The lowest BCUT2D eigenvalue weighted by Gasteiger charge is -2.40. The van der Waals surface area contributed by atoms with E-state index in [0.29, 0.717) is 19.5 Å². The summed E-state index contributed by atoms with van der Waals surface area (Å²) in [7, 11) is -3.10. The van der Waals surface area contributed by atoms with Gasteiger partial charge in [-0.2, -0.15) is 0 Å². The molecule has 1 fully saturated rings. The molecule has 1 rings (SSSR count). The first-order chi connectivity index (χ1) is 7.21. The van der Waals surface area contributed by atoms with Crippen LogP contribution in [0.15, 0.2) is 0 Å². The van der Waals surface area contributed by atoms with Crippen molar-refractivity contribution in [3.63, 3.8) is 0 Å². The zero-order valence-corrected chi connectivity index (χ0v) is 10.7. The van der Waals surface area contributed by atoms with Crippen molar-refractivity contribution in [1.82, 2.24) is 4.90 Å². The van der Waals surface area contributed by atoms with Crippen molar-refractivity contribution in [2.24, 2.45) is 0 Å². The summed E-state index contributed by atoms with van der Waals surface area (Å²) < 4.78 is 22.7. The molecule has 0 amide bonds. The van der Waals surface area contributed by atoms with Crippen LogP contribution in [0.3, 0.4) is 0 Å². The highest BCUT2D eigenvalue weighted by Gasteiger charge is 2.42. The molecular weight excluding hydrogens is 230 g/mol. The van der Waals surface area contributed by atoms with E-state index >= 15 is 0 Å². The molecule has 1 saturated heterocycles. The van der Waals surface area contributed by atoms with Crippen LogP contribution in [0.1, 0.15) is 27.2 Å². The molecule has 1 atom stereocenters. The van der Waals surface area contributed by atoms with Crippen molar-refractivity contribution in [2.45, 2.75) is 38.0 Å². The summed E-state index contributed by atoms with van der Waals surface area (Å²) in [6.45, 7) is 5.72. The molecule has 0 aromatic rings. The minimum Gasteiger partial charge on any atom is -0.480 e. The number of sulfone groups is 1. The van der Waals surface area contributed by atoms with Gasteiger partial charge in [0.05, 0.1) is 10.5 Å². The highest BCUT2D eigenvalue weighted by Crippen LogP contribution is 2.25. The number of carboxylic acids is 1. The van der Waals surface area contributed by atoms with Crippen LogP contribution >= 0.6 is 0 Å². The van der Waals surface area contributed by atoms with E-state index in [0.717, 1.165) is 0 Å². The van der Waals surface area contributed by atoms with Gasteiger partial charge in [0.15, 0.2) is 9.84 Å². The fraction of sp³-hybridized carbons (Fsp3) is 0.900. The van der Waals surface area contributed by atoms with Crippen LogP contribution in [0.5, 0.6) is 0 Å². The van der Waals surface area contributed by atoms with E-state index in [2.05, 4.69) is 0 Å². The SMILES string of the molecule is CCC(C(=O)O)N1CCS(=O)(=O)C(C)(C)C1. The Morgan fingerprint density at radius 2 is 2.06 bits per heavy atom. The molecule has 1 heterocycles. The maximum Gasteiger partial charge on any atom is 0.320 e. The number of carboxylic acid groups (broad SMARTS) is 1. The lowest BCUT2D eigenvalue weighted by atomic mass is 10.1. The standard InChI is InChI=1S/C10H19NO4S/c1-4-8(9(12)13)11-5-6-16(14,15)10(2,3)7-11/h8H,4-7H2,1-3H3,(H,12,13). The smallest absolute Gasteiger partial charge is 0.320 e. The van der Waals surface area contributed by atoms with Gasteiger partial charge >= 0.3 is 5.97 Å². The summed E-state index contributed by atoms with van der Waals surface area (Å²) >= 11 is 0. The minimum atomic E-state index is -3.10. The number of aliphatic carboxylic acids is 1. The first kappa shape index (κ1) is 13.4. The van der Waals surface area contributed by atoms with Crippen LogP contribution in [0.4, 0.5) is 0 Å². The van der Waals surface area contributed by atoms with E-state index in [1.54, 1.807) is 25.7 Å². The van der Waals surface area contributed by atoms with E-state index in [-0.39, 0.29) is 5.75 Å². The van der Waals surface area contributed by atoms with Crippen LogP contribution < -0.4 is 0 Å². The second kappa shape index (κ2) is 4.33. The van der Waals surface area contributed by atoms with Gasteiger partial charge in [0, 0.05) is 13.1 Å². The van der Waals surface area contributed by atoms with E-state index in [4.69, 9.17) is 5.11 Å². The first-order valence-corrected chi connectivity index (χ1v) is 7.05. The van der Waals surface area contributed by atoms with Gasteiger partial charge in [0.1, 0.15) is 6.04 Å². The van der Waals surface area contributed by atoms with Crippen LogP contribution in [-0.2, 0) is 14.6 Å². The molecule has 16 heavy (non-hydrogen) atoms. The van der Waals surface area contributed by atoms with Crippen LogP contribution in [0.2, 0.25) is 0 Å². The Bertz CT molecular complexity index is 374. The third-order valence-corrected chi connectivity index (χ3v) is 5.72. The van der Waals surface area contributed by atoms with Gasteiger partial charge in [0.2, 0.25) is 0 Å². The van der Waals surface area contributed by atoms with Crippen LogP contribution in [0, 0.1) is 0 Å². The Hall–Kier alpha value is -0.620. The average molecular weight is 249 g/mol. The Morgan fingerprint density at radius 1 is 1.50 bits per heavy atom. The van der Waals surface area contributed by atoms with Crippen LogP contribution in [0.25, 0.3) is 0 Å². The highest BCUT2D eigenvalue weighted by atomic mass is 32.2. The molecule has 0 aromatic carbocycles. The molecule has 0 bridgehead atoms. The lowest BCUT2D eigenvalue weighted by Crippen LogP contribution is -2.57. The minimum absolute atomic E-state index is 0.0454. The number of rotatable bonds is 3. The summed E-state index contributed by atoms with van der Waals surface area (Å²) in [5.74, 6) is -0.832. The third kappa shape index (κ3) is 2.38. The topological polar surface area (TPSA) is 74.7 Å². The summed E-state index contributed by atoms with van der Waals surface area (Å²) in [4.78, 5) is 12.8. The van der Waals surface area contributed by atoms with Crippen molar-refractivity contribution in [3.05, 3.63) is 0 Å². The fourth-order valence-corrected chi connectivity index (χ4v) is 3.43. The maximum absolute atomic E-state index is 11.8.